The van der Waals surface area contributed by atoms with Crippen molar-refractivity contribution >= 4 is 5.97 Å². The van der Waals surface area contributed by atoms with Gasteiger partial charge < -0.3 is 14.4 Å². The van der Waals surface area contributed by atoms with Crippen molar-refractivity contribution in [3.8, 4) is 17.0 Å². The van der Waals surface area contributed by atoms with Crippen LogP contribution in [0.15, 0.2) is 36.5 Å². The van der Waals surface area contributed by atoms with E-state index in [1.54, 1.807) is 18.3 Å². The molecule has 0 spiro atoms. The lowest BCUT2D eigenvalue weighted by atomic mass is 9.94. The molecule has 2 aromatic rings. The summed E-state index contributed by atoms with van der Waals surface area (Å²) in [7, 11) is 1.21. The number of piperidine rings is 1. The Hall–Kier alpha value is -2.54. The molecule has 0 unspecified atom stereocenters. The van der Waals surface area contributed by atoms with Gasteiger partial charge in [0.1, 0.15) is 17.2 Å². The van der Waals surface area contributed by atoms with E-state index in [0.29, 0.717) is 48.9 Å². The molecule has 1 saturated heterocycles. The van der Waals surface area contributed by atoms with E-state index in [9.17, 15) is 13.6 Å². The Morgan fingerprint density at radius 2 is 1.91 bits per heavy atom. The van der Waals surface area contributed by atoms with Gasteiger partial charge in [-0.25, -0.2) is 13.6 Å². The predicted octanol–water partition coefficient (Wildman–Crippen LogP) is 5.29. The molecule has 1 aliphatic rings. The number of hydrogen-bond acceptors (Lipinski definition) is 5. The molecular weight excluding hydrogens is 414 g/mol. The van der Waals surface area contributed by atoms with Crippen molar-refractivity contribution in [1.29, 1.82) is 0 Å². The molecule has 0 aliphatic carbocycles. The van der Waals surface area contributed by atoms with Gasteiger partial charge in [0, 0.05) is 12.1 Å². The number of carbonyl (C=O) groups excluding carboxylic acids is 1. The number of hydrogen-bond donors (Lipinski definition) is 0. The number of ether oxygens (including phenoxy) is 2. The number of pyridine rings is 1. The number of halogens is 2. The lowest BCUT2D eigenvalue weighted by Crippen LogP contribution is -2.44. The Balaban J connectivity index is 1.50. The second-order valence-corrected chi connectivity index (χ2v) is 8.45. The van der Waals surface area contributed by atoms with Crippen LogP contribution < -0.4 is 4.74 Å². The van der Waals surface area contributed by atoms with Crippen LogP contribution in [0.1, 0.15) is 49.9 Å². The highest BCUT2D eigenvalue weighted by Gasteiger charge is 2.30. The van der Waals surface area contributed by atoms with E-state index >= 15 is 0 Å². The van der Waals surface area contributed by atoms with Gasteiger partial charge in [0.25, 0.3) is 0 Å². The molecule has 2 heterocycles. The summed E-state index contributed by atoms with van der Waals surface area (Å²) >= 11 is 0. The number of nitrogens with zero attached hydrogens (tertiary/aromatic N) is 2. The fraction of sp³-hybridized carbons (Fsp3) is 0.520. The highest BCUT2D eigenvalue weighted by Crippen LogP contribution is 2.26. The van der Waals surface area contributed by atoms with Crippen LogP contribution in [0.5, 0.6) is 5.75 Å². The summed E-state index contributed by atoms with van der Waals surface area (Å²) in [4.78, 5) is 18.1. The molecule has 0 saturated carbocycles. The van der Waals surface area contributed by atoms with Crippen LogP contribution in [0.2, 0.25) is 0 Å². The van der Waals surface area contributed by atoms with Crippen LogP contribution in [0.25, 0.3) is 11.3 Å². The van der Waals surface area contributed by atoms with E-state index in [-0.39, 0.29) is 5.56 Å². The SMILES string of the molecule is CCC(F)(CC)CN1CCC(COc2ccc(-c3ccc(C(=O)OC)c(F)c3)nc2)CC1. The third kappa shape index (κ3) is 6.03. The molecule has 7 heteroatoms. The van der Waals surface area contributed by atoms with Gasteiger partial charge in [0.15, 0.2) is 0 Å². The number of methoxy groups -OCH3 is 1. The van der Waals surface area contributed by atoms with Crippen LogP contribution in [0, 0.1) is 11.7 Å². The minimum Gasteiger partial charge on any atom is -0.492 e. The Kier molecular flexibility index (Phi) is 8.18. The molecule has 1 aromatic carbocycles. The predicted molar refractivity (Wildman–Crippen MR) is 120 cm³/mol. The summed E-state index contributed by atoms with van der Waals surface area (Å²) in [5.41, 5.74) is -0.0391. The molecular formula is C25H32F2N2O3. The first-order valence-corrected chi connectivity index (χ1v) is 11.3. The van der Waals surface area contributed by atoms with Gasteiger partial charge >= 0.3 is 5.97 Å². The van der Waals surface area contributed by atoms with E-state index in [4.69, 9.17) is 4.74 Å². The number of esters is 1. The first-order valence-electron chi connectivity index (χ1n) is 11.3. The van der Waals surface area contributed by atoms with Crippen molar-refractivity contribution in [2.24, 2.45) is 5.92 Å². The minimum atomic E-state index is -1.08. The molecule has 5 nitrogen and oxygen atoms in total. The van der Waals surface area contributed by atoms with Gasteiger partial charge in [-0.3, -0.25) is 4.98 Å². The van der Waals surface area contributed by atoms with Gasteiger partial charge in [0.05, 0.1) is 31.2 Å². The van der Waals surface area contributed by atoms with Crippen molar-refractivity contribution in [3.05, 3.63) is 47.9 Å². The first kappa shape index (κ1) is 24.1. The molecule has 32 heavy (non-hydrogen) atoms. The van der Waals surface area contributed by atoms with Crippen molar-refractivity contribution in [1.82, 2.24) is 9.88 Å². The third-order valence-corrected chi connectivity index (χ3v) is 6.37. The lowest BCUT2D eigenvalue weighted by molar-refractivity contribution is 0.0567. The van der Waals surface area contributed by atoms with Crippen LogP contribution >= 0.6 is 0 Å². The number of benzene rings is 1. The van der Waals surface area contributed by atoms with E-state index in [2.05, 4.69) is 14.6 Å². The van der Waals surface area contributed by atoms with Crippen molar-refractivity contribution < 1.29 is 23.0 Å². The molecule has 174 valence electrons. The first-order chi connectivity index (χ1) is 15.4. The second kappa shape index (κ2) is 10.9. The maximum absolute atomic E-state index is 14.6. The number of carbonyl (C=O) groups is 1. The maximum Gasteiger partial charge on any atom is 0.340 e. The number of likely N-dealkylation sites (tertiary alicyclic amines) is 1. The van der Waals surface area contributed by atoms with Crippen LogP contribution in [0.4, 0.5) is 8.78 Å². The Labute approximate surface area is 188 Å². The summed E-state index contributed by atoms with van der Waals surface area (Å²) in [6.07, 6.45) is 4.70. The quantitative estimate of drug-likeness (QED) is 0.490. The van der Waals surface area contributed by atoms with Gasteiger partial charge in [-0.2, -0.15) is 0 Å². The summed E-state index contributed by atoms with van der Waals surface area (Å²) in [6, 6.07) is 7.87. The van der Waals surface area contributed by atoms with Gasteiger partial charge in [-0.1, -0.05) is 19.9 Å². The number of rotatable bonds is 9. The second-order valence-electron chi connectivity index (χ2n) is 8.45. The van der Waals surface area contributed by atoms with Crippen LogP contribution in [-0.2, 0) is 4.74 Å². The zero-order valence-corrected chi connectivity index (χ0v) is 19.1. The minimum absolute atomic E-state index is 0.108. The topological polar surface area (TPSA) is 51.7 Å². The fourth-order valence-corrected chi connectivity index (χ4v) is 3.99. The van der Waals surface area contributed by atoms with E-state index < -0.39 is 17.5 Å². The summed E-state index contributed by atoms with van der Waals surface area (Å²) in [5.74, 6) is -0.271. The monoisotopic (exact) mass is 446 g/mol. The number of alkyl halides is 1. The molecule has 0 bridgehead atoms. The molecule has 0 N–H and O–H groups in total. The summed E-state index contributed by atoms with van der Waals surface area (Å²) < 4.78 is 39.3. The maximum atomic E-state index is 14.6. The summed E-state index contributed by atoms with van der Waals surface area (Å²) in [6.45, 7) is 6.72. The van der Waals surface area contributed by atoms with E-state index in [0.717, 1.165) is 25.9 Å². The highest BCUT2D eigenvalue weighted by molar-refractivity contribution is 5.90. The average Bonchev–Trinajstić information content (AvgIpc) is 2.83. The third-order valence-electron chi connectivity index (χ3n) is 6.37. The molecule has 3 rings (SSSR count). The Morgan fingerprint density at radius 3 is 2.47 bits per heavy atom. The molecule has 1 aromatic heterocycles. The fourth-order valence-electron chi connectivity index (χ4n) is 3.99. The van der Waals surface area contributed by atoms with Crippen molar-refractivity contribution in [2.75, 3.05) is 33.4 Å². The standard InChI is InChI=1S/C25H32F2N2O3/c1-4-25(27,5-2)17-29-12-10-18(11-13-29)16-32-20-7-9-23(28-15-20)19-6-8-21(22(26)14-19)24(30)31-3/h6-9,14-15,18H,4-5,10-13,16-17H2,1-3H3. The zero-order valence-electron chi connectivity index (χ0n) is 19.1. The van der Waals surface area contributed by atoms with Crippen LogP contribution in [-0.4, -0.2) is 54.9 Å². The largest absolute Gasteiger partial charge is 0.492 e. The molecule has 1 fully saturated rings. The Bertz CT molecular complexity index is 893. The van der Waals surface area contributed by atoms with E-state index in [1.807, 2.05) is 19.9 Å². The molecule has 0 atom stereocenters. The van der Waals surface area contributed by atoms with Crippen molar-refractivity contribution in [2.45, 2.75) is 45.2 Å². The van der Waals surface area contributed by atoms with Gasteiger partial charge in [-0.05, 0) is 69.0 Å². The zero-order chi connectivity index (χ0) is 23.1. The average molecular weight is 447 g/mol. The highest BCUT2D eigenvalue weighted by atomic mass is 19.1. The van der Waals surface area contributed by atoms with Crippen LogP contribution in [0.3, 0.4) is 0 Å². The Morgan fingerprint density at radius 1 is 1.19 bits per heavy atom. The lowest BCUT2D eigenvalue weighted by Gasteiger charge is -2.36. The summed E-state index contributed by atoms with van der Waals surface area (Å²) in [5, 5.41) is 0. The number of aromatic nitrogens is 1. The molecule has 0 amide bonds. The molecule has 1 aliphatic heterocycles. The van der Waals surface area contributed by atoms with Gasteiger partial charge in [0.2, 0.25) is 0 Å². The van der Waals surface area contributed by atoms with E-state index in [1.165, 1.54) is 19.2 Å². The van der Waals surface area contributed by atoms with Gasteiger partial charge in [-0.15, -0.1) is 0 Å². The molecule has 0 radical (unpaired) electrons. The normalized spacial score (nSPS) is 15.5. The smallest absolute Gasteiger partial charge is 0.340 e. The van der Waals surface area contributed by atoms with Crippen molar-refractivity contribution in [3.63, 3.8) is 0 Å².